The number of likely N-dealkylation sites (N-methyl/N-ethyl adjacent to an activating group) is 1. The molecule has 0 spiro atoms. The van der Waals surface area contributed by atoms with E-state index < -0.39 is 17.6 Å². The van der Waals surface area contributed by atoms with Crippen molar-refractivity contribution in [1.29, 1.82) is 0 Å². The number of likely N-dealkylation sites (tertiary alicyclic amines) is 2. The van der Waals surface area contributed by atoms with Gasteiger partial charge >= 0.3 is 5.97 Å². The van der Waals surface area contributed by atoms with E-state index in [0.717, 1.165) is 17.7 Å². The summed E-state index contributed by atoms with van der Waals surface area (Å²) in [6, 6.07) is -0.595. The van der Waals surface area contributed by atoms with Crippen LogP contribution < -0.4 is 0 Å². The van der Waals surface area contributed by atoms with E-state index in [1.165, 1.54) is 7.05 Å². The van der Waals surface area contributed by atoms with Gasteiger partial charge in [-0.15, -0.1) is 0 Å². The van der Waals surface area contributed by atoms with Gasteiger partial charge in [0.05, 0.1) is 12.5 Å². The van der Waals surface area contributed by atoms with E-state index in [9.17, 15) is 19.5 Å². The average molecular weight is 268 g/mol. The fraction of sp³-hybridized carbons (Fsp3) is 0.769. The number of nitrogens with zero attached hydrogens (tertiary/aromatic N) is 2. The lowest BCUT2D eigenvalue weighted by Gasteiger charge is -2.37. The molecule has 0 bridgehead atoms. The van der Waals surface area contributed by atoms with Crippen LogP contribution in [0.25, 0.3) is 0 Å². The standard InChI is InChI=1S/C13H20N2O4/c1-3-5-13(12(18)19)6-4-7-15(13)9-8-10(16)14(2)11(9)17/h9H,3-8H2,1-2H3,(H,18,19). The molecule has 0 aromatic heterocycles. The van der Waals surface area contributed by atoms with Gasteiger partial charge in [0.15, 0.2) is 0 Å². The summed E-state index contributed by atoms with van der Waals surface area (Å²) in [5, 5.41) is 9.59. The summed E-state index contributed by atoms with van der Waals surface area (Å²) in [5.41, 5.74) is -0.972. The SMILES string of the molecule is CCCC1(C(=O)O)CCCN1C1CC(=O)N(C)C1=O. The first kappa shape index (κ1) is 14.0. The first-order chi connectivity index (χ1) is 8.94. The van der Waals surface area contributed by atoms with E-state index in [2.05, 4.69) is 0 Å². The zero-order valence-electron chi connectivity index (χ0n) is 11.4. The second-order valence-corrected chi connectivity index (χ2v) is 5.39. The van der Waals surface area contributed by atoms with Gasteiger partial charge in [-0.1, -0.05) is 13.3 Å². The molecule has 0 aromatic carbocycles. The summed E-state index contributed by atoms with van der Waals surface area (Å²) in [6.07, 6.45) is 2.68. The fourth-order valence-corrected chi connectivity index (χ4v) is 3.35. The third-order valence-electron chi connectivity index (χ3n) is 4.33. The lowest BCUT2D eigenvalue weighted by atomic mass is 9.89. The van der Waals surface area contributed by atoms with Crippen LogP contribution in [0.2, 0.25) is 0 Å². The largest absolute Gasteiger partial charge is 0.480 e. The van der Waals surface area contributed by atoms with Crippen molar-refractivity contribution >= 4 is 17.8 Å². The fourth-order valence-electron chi connectivity index (χ4n) is 3.35. The van der Waals surface area contributed by atoms with Crippen molar-refractivity contribution in [3.8, 4) is 0 Å². The lowest BCUT2D eigenvalue weighted by Crippen LogP contribution is -2.56. The zero-order valence-corrected chi connectivity index (χ0v) is 11.4. The molecule has 1 N–H and O–H groups in total. The minimum atomic E-state index is -0.972. The second kappa shape index (κ2) is 4.92. The molecule has 19 heavy (non-hydrogen) atoms. The Bertz CT molecular complexity index is 423. The summed E-state index contributed by atoms with van der Waals surface area (Å²) in [5.74, 6) is -1.37. The van der Waals surface area contributed by atoms with E-state index in [-0.39, 0.29) is 18.2 Å². The molecule has 2 fully saturated rings. The molecule has 6 nitrogen and oxygen atoms in total. The molecule has 106 valence electrons. The molecule has 2 aliphatic heterocycles. The molecule has 2 aliphatic rings. The highest BCUT2D eigenvalue weighted by Crippen LogP contribution is 2.38. The molecule has 2 rings (SSSR count). The van der Waals surface area contributed by atoms with Crippen LogP contribution in [0.15, 0.2) is 0 Å². The summed E-state index contributed by atoms with van der Waals surface area (Å²) in [6.45, 7) is 2.51. The Morgan fingerprint density at radius 1 is 1.47 bits per heavy atom. The number of hydrogen-bond acceptors (Lipinski definition) is 4. The molecule has 2 heterocycles. The first-order valence-electron chi connectivity index (χ1n) is 6.74. The highest BCUT2D eigenvalue weighted by atomic mass is 16.4. The Balaban J connectivity index is 2.30. The van der Waals surface area contributed by atoms with Crippen molar-refractivity contribution in [2.24, 2.45) is 0 Å². The molecule has 6 heteroatoms. The van der Waals surface area contributed by atoms with Crippen molar-refractivity contribution in [1.82, 2.24) is 9.80 Å². The summed E-state index contributed by atoms with van der Waals surface area (Å²) >= 11 is 0. The zero-order chi connectivity index (χ0) is 14.2. The van der Waals surface area contributed by atoms with E-state index in [1.54, 1.807) is 4.90 Å². The highest BCUT2D eigenvalue weighted by Gasteiger charge is 2.54. The molecule has 0 aromatic rings. The van der Waals surface area contributed by atoms with Crippen LogP contribution in [0.4, 0.5) is 0 Å². The molecule has 2 unspecified atom stereocenters. The van der Waals surface area contributed by atoms with E-state index in [4.69, 9.17) is 0 Å². The lowest BCUT2D eigenvalue weighted by molar-refractivity contribution is -0.153. The van der Waals surface area contributed by atoms with Crippen molar-refractivity contribution < 1.29 is 19.5 Å². The number of amides is 2. The number of carbonyl (C=O) groups is 3. The van der Waals surface area contributed by atoms with Gasteiger partial charge in [-0.3, -0.25) is 24.2 Å². The first-order valence-corrected chi connectivity index (χ1v) is 6.74. The highest BCUT2D eigenvalue weighted by molar-refractivity contribution is 6.05. The van der Waals surface area contributed by atoms with Crippen molar-refractivity contribution in [3.05, 3.63) is 0 Å². The summed E-state index contributed by atoms with van der Waals surface area (Å²) in [7, 11) is 1.46. The minimum Gasteiger partial charge on any atom is -0.480 e. The third kappa shape index (κ3) is 2.04. The van der Waals surface area contributed by atoms with Crippen LogP contribution in [-0.2, 0) is 14.4 Å². The van der Waals surface area contributed by atoms with Crippen LogP contribution in [0.5, 0.6) is 0 Å². The van der Waals surface area contributed by atoms with Gasteiger partial charge < -0.3 is 5.11 Å². The van der Waals surface area contributed by atoms with Crippen LogP contribution >= 0.6 is 0 Å². The number of imide groups is 1. The topological polar surface area (TPSA) is 77.9 Å². The Kier molecular flexibility index (Phi) is 3.62. The molecule has 0 saturated carbocycles. The van der Waals surface area contributed by atoms with Crippen LogP contribution in [0, 0.1) is 0 Å². The quantitative estimate of drug-likeness (QED) is 0.750. The van der Waals surface area contributed by atoms with E-state index in [0.29, 0.717) is 19.4 Å². The predicted octanol–water partition coefficient (Wildman–Crippen LogP) is 0.463. The number of carboxylic acids is 1. The Morgan fingerprint density at radius 2 is 2.16 bits per heavy atom. The molecule has 0 radical (unpaired) electrons. The predicted molar refractivity (Wildman–Crippen MR) is 67.4 cm³/mol. The Labute approximate surface area is 112 Å². The maximum atomic E-state index is 12.1. The number of carboxylic acid groups (broad SMARTS) is 1. The van der Waals surface area contributed by atoms with Gasteiger partial charge in [0.1, 0.15) is 5.54 Å². The normalized spacial score (nSPS) is 32.3. The van der Waals surface area contributed by atoms with Crippen LogP contribution in [0.3, 0.4) is 0 Å². The van der Waals surface area contributed by atoms with Gasteiger partial charge in [-0.05, 0) is 19.3 Å². The van der Waals surface area contributed by atoms with Crippen LogP contribution in [-0.4, -0.2) is 57.9 Å². The molecular formula is C13H20N2O4. The average Bonchev–Trinajstić information content (AvgIpc) is 2.88. The van der Waals surface area contributed by atoms with Gasteiger partial charge in [-0.25, -0.2) is 0 Å². The maximum Gasteiger partial charge on any atom is 0.324 e. The molecule has 0 aliphatic carbocycles. The van der Waals surface area contributed by atoms with E-state index in [1.807, 2.05) is 6.92 Å². The third-order valence-corrected chi connectivity index (χ3v) is 4.33. The molecule has 2 saturated heterocycles. The smallest absolute Gasteiger partial charge is 0.324 e. The maximum absolute atomic E-state index is 12.1. The van der Waals surface area contributed by atoms with Crippen LogP contribution in [0.1, 0.15) is 39.0 Å². The second-order valence-electron chi connectivity index (χ2n) is 5.39. The summed E-state index contributed by atoms with van der Waals surface area (Å²) < 4.78 is 0. The molecule has 2 amide bonds. The number of rotatable bonds is 4. The Morgan fingerprint density at radius 3 is 2.63 bits per heavy atom. The van der Waals surface area contributed by atoms with Gasteiger partial charge in [0.2, 0.25) is 11.8 Å². The molecule has 2 atom stereocenters. The number of hydrogen-bond donors (Lipinski definition) is 1. The summed E-state index contributed by atoms with van der Waals surface area (Å²) in [4.78, 5) is 38.3. The minimum absolute atomic E-state index is 0.105. The number of aliphatic carboxylic acids is 1. The monoisotopic (exact) mass is 268 g/mol. The van der Waals surface area contributed by atoms with Gasteiger partial charge in [-0.2, -0.15) is 0 Å². The van der Waals surface area contributed by atoms with Crippen molar-refractivity contribution in [3.63, 3.8) is 0 Å². The van der Waals surface area contributed by atoms with Gasteiger partial charge in [0, 0.05) is 13.6 Å². The number of carbonyl (C=O) groups excluding carboxylic acids is 2. The molecular weight excluding hydrogens is 248 g/mol. The van der Waals surface area contributed by atoms with Gasteiger partial charge in [0.25, 0.3) is 0 Å². The Hall–Kier alpha value is -1.43. The van der Waals surface area contributed by atoms with Crippen molar-refractivity contribution in [2.75, 3.05) is 13.6 Å². The van der Waals surface area contributed by atoms with E-state index >= 15 is 0 Å². The van der Waals surface area contributed by atoms with Crippen molar-refractivity contribution in [2.45, 2.75) is 50.6 Å².